The molecule has 0 spiro atoms. The van der Waals surface area contributed by atoms with Crippen LogP contribution in [0.25, 0.3) is 0 Å². The van der Waals surface area contributed by atoms with Crippen LogP contribution in [0.4, 0.5) is 14.9 Å². The van der Waals surface area contributed by atoms with Crippen molar-refractivity contribution in [2.45, 2.75) is 69.2 Å². The van der Waals surface area contributed by atoms with Gasteiger partial charge in [0.15, 0.2) is 12.0 Å². The molecular weight excluding hydrogens is 517 g/mol. The Morgan fingerprint density at radius 2 is 1.85 bits per heavy atom. The number of amides is 2. The van der Waals surface area contributed by atoms with E-state index in [1.165, 1.54) is 12.3 Å². The number of hydrazone groups is 1. The Bertz CT molecular complexity index is 1180. The lowest BCUT2D eigenvalue weighted by molar-refractivity contribution is -0.114. The van der Waals surface area contributed by atoms with E-state index in [0.29, 0.717) is 18.5 Å². The highest BCUT2D eigenvalue weighted by Crippen LogP contribution is 2.28. The van der Waals surface area contributed by atoms with Crippen molar-refractivity contribution < 1.29 is 18.7 Å². The summed E-state index contributed by atoms with van der Waals surface area (Å²) in [6.07, 6.45) is 11.7. The maximum atomic E-state index is 14.1. The summed E-state index contributed by atoms with van der Waals surface area (Å²) in [4.78, 5) is 31.0. The molecule has 12 nitrogen and oxygen atoms in total. The lowest BCUT2D eigenvalue weighted by Crippen LogP contribution is -2.49. The van der Waals surface area contributed by atoms with Crippen LogP contribution in [0.3, 0.4) is 0 Å². The zero-order chi connectivity index (χ0) is 28.1. The molecule has 4 aliphatic rings. The Balaban J connectivity index is 1.16. The number of nitrogens with one attached hydrogen (secondary N) is 5. The molecule has 0 aromatic carbocycles. The SMILES string of the molecule is CN(C)CCCOC(=O)N[C@H]1CC[C@H](NC2=NN3C(C(=O)Nc4ccncc4F)=CNC3C(NC3CC3)=C2)CC1. The van der Waals surface area contributed by atoms with Crippen molar-refractivity contribution in [1.29, 1.82) is 0 Å². The fourth-order valence-corrected chi connectivity index (χ4v) is 4.97. The molecule has 216 valence electrons. The molecule has 0 bridgehead atoms. The third kappa shape index (κ3) is 7.20. The molecule has 3 heterocycles. The average molecular weight is 556 g/mol. The molecule has 5 N–H and O–H groups in total. The monoisotopic (exact) mass is 555 g/mol. The zero-order valence-corrected chi connectivity index (χ0v) is 23.0. The van der Waals surface area contributed by atoms with Gasteiger partial charge in [-0.15, -0.1) is 0 Å². The van der Waals surface area contributed by atoms with Crippen LogP contribution in [0.2, 0.25) is 0 Å². The quantitative estimate of drug-likeness (QED) is 0.274. The lowest BCUT2D eigenvalue weighted by atomic mass is 9.91. The molecule has 13 heteroatoms. The van der Waals surface area contributed by atoms with Crippen molar-refractivity contribution in [3.63, 3.8) is 0 Å². The van der Waals surface area contributed by atoms with E-state index < -0.39 is 11.7 Å². The molecule has 0 radical (unpaired) electrons. The molecule has 5 rings (SSSR count). The number of carbonyl (C=O) groups is 2. The van der Waals surface area contributed by atoms with Gasteiger partial charge in [-0.25, -0.2) is 14.2 Å². The Morgan fingerprint density at radius 3 is 2.58 bits per heavy atom. The van der Waals surface area contributed by atoms with E-state index in [1.807, 2.05) is 20.2 Å². The largest absolute Gasteiger partial charge is 0.450 e. The summed E-state index contributed by atoms with van der Waals surface area (Å²) in [6.45, 7) is 1.28. The van der Waals surface area contributed by atoms with Crippen molar-refractivity contribution >= 4 is 23.5 Å². The second kappa shape index (κ2) is 12.5. The van der Waals surface area contributed by atoms with Gasteiger partial charge in [-0.2, -0.15) is 5.10 Å². The predicted octanol–water partition coefficient (Wildman–Crippen LogP) is 1.77. The minimum Gasteiger partial charge on any atom is -0.450 e. The highest BCUT2D eigenvalue weighted by Gasteiger charge is 2.38. The normalized spacial score (nSPS) is 23.8. The number of hydrogen-bond donors (Lipinski definition) is 5. The van der Waals surface area contributed by atoms with Crippen LogP contribution in [-0.4, -0.2) is 84.3 Å². The Kier molecular flexibility index (Phi) is 8.68. The maximum absolute atomic E-state index is 14.1. The molecule has 2 aliphatic heterocycles. The van der Waals surface area contributed by atoms with Crippen LogP contribution >= 0.6 is 0 Å². The van der Waals surface area contributed by atoms with Crippen LogP contribution in [-0.2, 0) is 9.53 Å². The summed E-state index contributed by atoms with van der Waals surface area (Å²) in [7, 11) is 3.98. The summed E-state index contributed by atoms with van der Waals surface area (Å²) in [6, 6.07) is 2.07. The average Bonchev–Trinajstić information content (AvgIpc) is 3.64. The fraction of sp³-hybridized carbons (Fsp3) is 0.556. The van der Waals surface area contributed by atoms with Crippen LogP contribution in [0, 0.1) is 5.82 Å². The minimum atomic E-state index is -0.609. The molecule has 2 fully saturated rings. The van der Waals surface area contributed by atoms with Gasteiger partial charge in [0.05, 0.1) is 24.2 Å². The number of amidine groups is 1. The topological polar surface area (TPSA) is 135 Å². The summed E-state index contributed by atoms with van der Waals surface area (Å²) in [5.41, 5.74) is 1.25. The third-order valence-electron chi connectivity index (χ3n) is 7.26. The number of halogens is 1. The van der Waals surface area contributed by atoms with Gasteiger partial charge in [0.2, 0.25) is 0 Å². The first-order valence-corrected chi connectivity index (χ1v) is 13.9. The predicted molar refractivity (Wildman–Crippen MR) is 148 cm³/mol. The van der Waals surface area contributed by atoms with Gasteiger partial charge in [0, 0.05) is 43.1 Å². The molecule has 1 atom stereocenters. The second-order valence-corrected chi connectivity index (χ2v) is 10.9. The Labute approximate surface area is 233 Å². The molecule has 1 aromatic rings. The van der Waals surface area contributed by atoms with Crippen LogP contribution in [0.15, 0.2) is 47.2 Å². The number of hydrogen-bond acceptors (Lipinski definition) is 10. The number of rotatable bonds is 10. The molecule has 1 aromatic heterocycles. The van der Waals surface area contributed by atoms with E-state index in [4.69, 9.17) is 9.84 Å². The van der Waals surface area contributed by atoms with Crippen LogP contribution < -0.4 is 26.6 Å². The zero-order valence-electron chi connectivity index (χ0n) is 23.0. The van der Waals surface area contributed by atoms with Crippen molar-refractivity contribution in [1.82, 2.24) is 36.2 Å². The van der Waals surface area contributed by atoms with Gasteiger partial charge in [-0.1, -0.05) is 0 Å². The first-order valence-electron chi connectivity index (χ1n) is 13.9. The Morgan fingerprint density at radius 1 is 1.12 bits per heavy atom. The minimum absolute atomic E-state index is 0.0540. The lowest BCUT2D eigenvalue weighted by Gasteiger charge is -2.34. The first kappa shape index (κ1) is 27.7. The smallest absolute Gasteiger partial charge is 0.407 e. The molecular formula is C27H38FN9O3. The van der Waals surface area contributed by atoms with E-state index in [9.17, 15) is 14.0 Å². The van der Waals surface area contributed by atoms with Gasteiger partial charge in [-0.3, -0.25) is 9.78 Å². The van der Waals surface area contributed by atoms with Gasteiger partial charge >= 0.3 is 6.09 Å². The van der Waals surface area contributed by atoms with E-state index in [0.717, 1.165) is 63.4 Å². The number of carbonyl (C=O) groups excluding carboxylic acids is 2. The van der Waals surface area contributed by atoms with Crippen molar-refractivity contribution in [2.75, 3.05) is 32.6 Å². The van der Waals surface area contributed by atoms with Crippen LogP contribution in [0.5, 0.6) is 0 Å². The molecule has 2 saturated carbocycles. The van der Waals surface area contributed by atoms with E-state index >= 15 is 0 Å². The standard InChI is InChI=1S/C27H38FN9O3/c1-36(2)12-3-13-40-27(39)33-19-8-6-18(7-9-19)32-24-14-22(31-17-4-5-17)25-30-16-23(37(25)35-24)26(38)34-21-10-11-29-15-20(21)28/h10-11,14-19,25,30-31H,3-9,12-13H2,1-2H3,(H,32,35)(H,33,39)(H,29,34,38)/t18-,19-,25?. The summed E-state index contributed by atoms with van der Waals surface area (Å²) >= 11 is 0. The van der Waals surface area contributed by atoms with E-state index in [-0.39, 0.29) is 35.7 Å². The molecule has 0 saturated heterocycles. The summed E-state index contributed by atoms with van der Waals surface area (Å²) in [5, 5.41) is 22.3. The molecule has 2 amide bonds. The van der Waals surface area contributed by atoms with Gasteiger partial charge in [0.1, 0.15) is 11.5 Å². The number of aromatic nitrogens is 1. The van der Waals surface area contributed by atoms with Gasteiger partial charge in [0.25, 0.3) is 5.91 Å². The molecule has 40 heavy (non-hydrogen) atoms. The van der Waals surface area contributed by atoms with Crippen molar-refractivity contribution in [2.24, 2.45) is 5.10 Å². The molecule has 2 aliphatic carbocycles. The van der Waals surface area contributed by atoms with E-state index in [2.05, 4.69) is 36.5 Å². The Hall–Kier alpha value is -3.87. The number of alkyl carbamates (subject to hydrolysis) is 1. The highest BCUT2D eigenvalue weighted by molar-refractivity contribution is 6.04. The van der Waals surface area contributed by atoms with E-state index in [1.54, 1.807) is 11.2 Å². The van der Waals surface area contributed by atoms with Crippen LogP contribution in [0.1, 0.15) is 44.9 Å². The summed E-state index contributed by atoms with van der Waals surface area (Å²) < 4.78 is 19.4. The summed E-state index contributed by atoms with van der Waals surface area (Å²) in [5.74, 6) is -0.438. The number of nitrogens with zero attached hydrogens (tertiary/aromatic N) is 4. The molecule has 1 unspecified atom stereocenters. The second-order valence-electron chi connectivity index (χ2n) is 10.9. The van der Waals surface area contributed by atoms with Crippen molar-refractivity contribution in [3.05, 3.63) is 47.9 Å². The number of pyridine rings is 1. The van der Waals surface area contributed by atoms with Crippen molar-refractivity contribution in [3.8, 4) is 0 Å². The van der Waals surface area contributed by atoms with Gasteiger partial charge < -0.3 is 36.2 Å². The maximum Gasteiger partial charge on any atom is 0.407 e. The number of anilines is 1. The fourth-order valence-electron chi connectivity index (χ4n) is 4.97. The van der Waals surface area contributed by atoms with Gasteiger partial charge in [-0.05, 0) is 65.1 Å². The first-order chi connectivity index (χ1) is 19.4. The third-order valence-corrected chi connectivity index (χ3v) is 7.26. The number of ether oxygens (including phenoxy) is 1. The highest BCUT2D eigenvalue weighted by atomic mass is 19.1. The number of fused-ring (bicyclic) bond motifs is 1.